The Morgan fingerprint density at radius 1 is 0.943 bits per heavy atom. The van der Waals surface area contributed by atoms with E-state index in [-0.39, 0.29) is 24.6 Å². The molecule has 0 spiro atoms. The molecular formula is C27H25ClN2O4S. The smallest absolute Gasteiger partial charge is 0.264 e. The number of carbonyl (C=O) groups is 1. The molecule has 4 aromatic carbocycles. The molecule has 0 saturated carbocycles. The quantitative estimate of drug-likeness (QED) is 0.316. The Morgan fingerprint density at radius 3 is 2.43 bits per heavy atom. The maximum atomic E-state index is 13.4. The standard InChI is InChI=1S/C27H25ClN2O4S/c1-20-18-22(28)14-15-25(20)30(35(32,33)23-10-3-2-4-11-23)19-27(31)29-16-17-34-26-13-7-9-21-8-5-6-12-24(21)26/h2-15,18H,16-17,19H2,1H3,(H,29,31). The largest absolute Gasteiger partial charge is 0.491 e. The van der Waals surface area contributed by atoms with Gasteiger partial charge in [0.1, 0.15) is 18.9 Å². The minimum Gasteiger partial charge on any atom is -0.491 e. The van der Waals surface area contributed by atoms with Crippen LogP contribution in [0.4, 0.5) is 5.69 Å². The van der Waals surface area contributed by atoms with Gasteiger partial charge in [-0.2, -0.15) is 0 Å². The highest BCUT2D eigenvalue weighted by Crippen LogP contribution is 2.29. The first-order valence-electron chi connectivity index (χ1n) is 11.1. The average Bonchev–Trinajstić information content (AvgIpc) is 2.86. The maximum absolute atomic E-state index is 13.4. The molecule has 180 valence electrons. The minimum absolute atomic E-state index is 0.0986. The lowest BCUT2D eigenvalue weighted by Crippen LogP contribution is -2.42. The molecule has 4 aromatic rings. The van der Waals surface area contributed by atoms with Gasteiger partial charge in [0.15, 0.2) is 0 Å². The minimum atomic E-state index is -3.98. The second-order valence-corrected chi connectivity index (χ2v) is 10.2. The number of aryl methyl sites for hydroxylation is 1. The van der Waals surface area contributed by atoms with Gasteiger partial charge in [-0.1, -0.05) is 66.2 Å². The van der Waals surface area contributed by atoms with Crippen molar-refractivity contribution in [3.05, 3.63) is 102 Å². The molecule has 0 bridgehead atoms. The van der Waals surface area contributed by atoms with Crippen molar-refractivity contribution < 1.29 is 17.9 Å². The predicted octanol–water partition coefficient (Wildman–Crippen LogP) is 5.19. The number of hydrogen-bond acceptors (Lipinski definition) is 4. The van der Waals surface area contributed by atoms with Crippen LogP contribution in [0.1, 0.15) is 5.56 Å². The van der Waals surface area contributed by atoms with E-state index in [1.807, 2.05) is 42.5 Å². The van der Waals surface area contributed by atoms with Gasteiger partial charge in [0, 0.05) is 10.4 Å². The third-order valence-electron chi connectivity index (χ3n) is 5.48. The zero-order valence-electron chi connectivity index (χ0n) is 19.1. The molecule has 0 unspecified atom stereocenters. The van der Waals surface area contributed by atoms with Crippen LogP contribution in [-0.2, 0) is 14.8 Å². The topological polar surface area (TPSA) is 75.7 Å². The molecule has 0 saturated heterocycles. The summed E-state index contributed by atoms with van der Waals surface area (Å²) >= 11 is 6.07. The molecule has 0 aliphatic carbocycles. The van der Waals surface area contributed by atoms with Crippen LogP contribution in [0.25, 0.3) is 10.8 Å². The molecule has 1 amide bonds. The predicted molar refractivity (Wildman–Crippen MR) is 140 cm³/mol. The molecule has 0 radical (unpaired) electrons. The van der Waals surface area contributed by atoms with Crippen molar-refractivity contribution in [2.45, 2.75) is 11.8 Å². The lowest BCUT2D eigenvalue weighted by Gasteiger charge is -2.25. The summed E-state index contributed by atoms with van der Waals surface area (Å²) in [5, 5.41) is 5.29. The van der Waals surface area contributed by atoms with Crippen LogP contribution >= 0.6 is 11.6 Å². The van der Waals surface area contributed by atoms with Crippen LogP contribution in [0.3, 0.4) is 0 Å². The average molecular weight is 509 g/mol. The highest BCUT2D eigenvalue weighted by atomic mass is 35.5. The molecular weight excluding hydrogens is 484 g/mol. The Labute approximate surface area is 210 Å². The number of nitrogens with one attached hydrogen (secondary N) is 1. The van der Waals surface area contributed by atoms with Crippen LogP contribution < -0.4 is 14.4 Å². The first kappa shape index (κ1) is 24.6. The maximum Gasteiger partial charge on any atom is 0.264 e. The number of benzene rings is 4. The molecule has 8 heteroatoms. The van der Waals surface area contributed by atoms with Crippen molar-refractivity contribution in [2.24, 2.45) is 0 Å². The van der Waals surface area contributed by atoms with E-state index in [1.165, 1.54) is 12.1 Å². The molecule has 0 aromatic heterocycles. The lowest BCUT2D eigenvalue weighted by molar-refractivity contribution is -0.119. The zero-order valence-corrected chi connectivity index (χ0v) is 20.7. The Balaban J connectivity index is 1.46. The number of rotatable bonds is 9. The number of fused-ring (bicyclic) bond motifs is 1. The normalized spacial score (nSPS) is 11.3. The summed E-state index contributed by atoms with van der Waals surface area (Å²) in [6, 6.07) is 26.6. The molecule has 0 heterocycles. The number of hydrogen-bond donors (Lipinski definition) is 1. The van der Waals surface area contributed by atoms with Crippen LogP contribution in [0.2, 0.25) is 5.02 Å². The monoisotopic (exact) mass is 508 g/mol. The Hall–Kier alpha value is -3.55. The van der Waals surface area contributed by atoms with Crippen molar-refractivity contribution in [1.29, 1.82) is 0 Å². The fourth-order valence-corrected chi connectivity index (χ4v) is 5.51. The van der Waals surface area contributed by atoms with Crippen molar-refractivity contribution in [3.63, 3.8) is 0 Å². The molecule has 0 aliphatic heterocycles. The Kier molecular flexibility index (Phi) is 7.58. The van der Waals surface area contributed by atoms with Crippen molar-refractivity contribution in [1.82, 2.24) is 5.32 Å². The fraction of sp³-hybridized carbons (Fsp3) is 0.148. The number of anilines is 1. The summed E-state index contributed by atoms with van der Waals surface area (Å²) in [6.07, 6.45) is 0. The van der Waals surface area contributed by atoms with E-state index in [0.717, 1.165) is 20.8 Å². The van der Waals surface area contributed by atoms with Crippen LogP contribution in [0, 0.1) is 6.92 Å². The summed E-state index contributed by atoms with van der Waals surface area (Å²) in [5.41, 5.74) is 1.03. The van der Waals surface area contributed by atoms with Crippen molar-refractivity contribution in [2.75, 3.05) is 24.0 Å². The summed E-state index contributed by atoms with van der Waals surface area (Å²) in [6.45, 7) is 1.84. The van der Waals surface area contributed by atoms with E-state index in [9.17, 15) is 13.2 Å². The Bertz CT molecular complexity index is 1440. The first-order chi connectivity index (χ1) is 16.9. The highest BCUT2D eigenvalue weighted by molar-refractivity contribution is 7.92. The number of carbonyl (C=O) groups excluding carboxylic acids is 1. The summed E-state index contributed by atoms with van der Waals surface area (Å²) in [5.74, 6) is 0.280. The lowest BCUT2D eigenvalue weighted by atomic mass is 10.1. The van der Waals surface area contributed by atoms with Gasteiger partial charge in [-0.15, -0.1) is 0 Å². The number of halogens is 1. The van der Waals surface area contributed by atoms with Gasteiger partial charge >= 0.3 is 0 Å². The van der Waals surface area contributed by atoms with Crippen LogP contribution in [-0.4, -0.2) is 34.0 Å². The Morgan fingerprint density at radius 2 is 1.66 bits per heavy atom. The van der Waals surface area contributed by atoms with E-state index in [4.69, 9.17) is 16.3 Å². The van der Waals surface area contributed by atoms with Crippen LogP contribution in [0.5, 0.6) is 5.75 Å². The zero-order chi connectivity index (χ0) is 24.8. The molecule has 35 heavy (non-hydrogen) atoms. The number of sulfonamides is 1. The van der Waals surface area contributed by atoms with Gasteiger partial charge in [0.05, 0.1) is 17.1 Å². The van der Waals surface area contributed by atoms with E-state index in [1.54, 1.807) is 43.3 Å². The SMILES string of the molecule is Cc1cc(Cl)ccc1N(CC(=O)NCCOc1cccc2ccccc12)S(=O)(=O)c1ccccc1. The molecule has 0 aliphatic rings. The summed E-state index contributed by atoms with van der Waals surface area (Å²) < 4.78 is 33.8. The molecule has 1 N–H and O–H groups in total. The third-order valence-corrected chi connectivity index (χ3v) is 7.49. The second-order valence-electron chi connectivity index (χ2n) is 7.93. The molecule has 0 fully saturated rings. The summed E-state index contributed by atoms with van der Waals surface area (Å²) in [4.78, 5) is 12.9. The van der Waals surface area contributed by atoms with Crippen LogP contribution in [0.15, 0.2) is 95.9 Å². The first-order valence-corrected chi connectivity index (χ1v) is 12.9. The number of amides is 1. The molecule has 4 rings (SSSR count). The van der Waals surface area contributed by atoms with Gasteiger partial charge in [-0.3, -0.25) is 9.10 Å². The molecule has 0 atom stereocenters. The van der Waals surface area contributed by atoms with Crippen molar-refractivity contribution in [3.8, 4) is 5.75 Å². The van der Waals surface area contributed by atoms with Gasteiger partial charge in [-0.05, 0) is 54.3 Å². The van der Waals surface area contributed by atoms with Crippen molar-refractivity contribution >= 4 is 44.0 Å². The number of nitrogens with zero attached hydrogens (tertiary/aromatic N) is 1. The fourth-order valence-electron chi connectivity index (χ4n) is 3.78. The van der Waals surface area contributed by atoms with Gasteiger partial charge in [-0.25, -0.2) is 8.42 Å². The molecule has 6 nitrogen and oxygen atoms in total. The van der Waals surface area contributed by atoms with E-state index in [2.05, 4.69) is 5.32 Å². The van der Waals surface area contributed by atoms with Gasteiger partial charge in [0.2, 0.25) is 5.91 Å². The summed E-state index contributed by atoms with van der Waals surface area (Å²) in [7, 11) is -3.98. The number of ether oxygens (including phenoxy) is 1. The van der Waals surface area contributed by atoms with E-state index >= 15 is 0 Å². The van der Waals surface area contributed by atoms with E-state index in [0.29, 0.717) is 16.3 Å². The van der Waals surface area contributed by atoms with E-state index < -0.39 is 15.9 Å². The van der Waals surface area contributed by atoms with Gasteiger partial charge < -0.3 is 10.1 Å². The van der Waals surface area contributed by atoms with Gasteiger partial charge in [0.25, 0.3) is 10.0 Å². The third kappa shape index (κ3) is 5.75. The highest BCUT2D eigenvalue weighted by Gasteiger charge is 2.28. The second kappa shape index (κ2) is 10.8.